The minimum absolute atomic E-state index is 0.230. The summed E-state index contributed by atoms with van der Waals surface area (Å²) in [6.45, 7) is 1.71. The Balaban J connectivity index is 2.17. The van der Waals surface area contributed by atoms with Gasteiger partial charge in [0.25, 0.3) is 0 Å². The lowest BCUT2D eigenvalue weighted by Gasteiger charge is -2.06. The number of benzene rings is 1. The Morgan fingerprint density at radius 3 is 2.59 bits per heavy atom. The molecule has 2 N–H and O–H groups in total. The van der Waals surface area contributed by atoms with Gasteiger partial charge in [0.1, 0.15) is 22.6 Å². The molecule has 0 bridgehead atoms. The van der Waals surface area contributed by atoms with E-state index in [9.17, 15) is 0 Å². The molecule has 0 radical (unpaired) electrons. The number of anilines is 1. The number of nitrogens with two attached hydrogens (primary N) is 1. The minimum atomic E-state index is 0.230. The average molecular weight is 311 g/mol. The summed E-state index contributed by atoms with van der Waals surface area (Å²) in [4.78, 5) is 8.66. The van der Waals surface area contributed by atoms with Gasteiger partial charge in [-0.25, -0.2) is 9.97 Å². The van der Waals surface area contributed by atoms with Crippen molar-refractivity contribution >= 4 is 17.4 Å². The maximum absolute atomic E-state index is 9.10. The Kier molecular flexibility index (Phi) is 3.49. The van der Waals surface area contributed by atoms with Crippen LogP contribution in [0.2, 0.25) is 5.15 Å². The van der Waals surface area contributed by atoms with Gasteiger partial charge in [-0.1, -0.05) is 41.9 Å². The van der Waals surface area contributed by atoms with Crippen LogP contribution in [-0.4, -0.2) is 19.7 Å². The molecular weight excluding hydrogens is 300 g/mol. The van der Waals surface area contributed by atoms with Crippen molar-refractivity contribution in [1.82, 2.24) is 19.7 Å². The number of aryl methyl sites for hydroxylation is 1. The summed E-state index contributed by atoms with van der Waals surface area (Å²) < 4.78 is 1.40. The van der Waals surface area contributed by atoms with Crippen molar-refractivity contribution < 1.29 is 0 Å². The van der Waals surface area contributed by atoms with E-state index in [0.29, 0.717) is 22.9 Å². The zero-order chi connectivity index (χ0) is 15.7. The predicted octanol–water partition coefficient (Wildman–Crippen LogP) is 2.74. The summed E-state index contributed by atoms with van der Waals surface area (Å²) in [5.74, 6) is 1.11. The summed E-state index contributed by atoms with van der Waals surface area (Å²) in [6, 6.07) is 13.0. The molecule has 7 heteroatoms. The highest BCUT2D eigenvalue weighted by Crippen LogP contribution is 2.23. The van der Waals surface area contributed by atoms with E-state index in [-0.39, 0.29) is 11.0 Å². The second-order valence-corrected chi connectivity index (χ2v) is 5.00. The molecule has 3 rings (SSSR count). The van der Waals surface area contributed by atoms with Crippen LogP contribution in [0.3, 0.4) is 0 Å². The van der Waals surface area contributed by atoms with E-state index in [1.807, 2.05) is 36.4 Å². The Morgan fingerprint density at radius 1 is 1.23 bits per heavy atom. The van der Waals surface area contributed by atoms with E-state index in [1.165, 1.54) is 4.68 Å². The fourth-order valence-corrected chi connectivity index (χ4v) is 2.27. The molecule has 0 aliphatic rings. The summed E-state index contributed by atoms with van der Waals surface area (Å²) in [5, 5.41) is 13.6. The lowest BCUT2D eigenvalue weighted by atomic mass is 10.2. The fourth-order valence-electron chi connectivity index (χ4n) is 2.09. The second-order valence-electron chi connectivity index (χ2n) is 4.61. The van der Waals surface area contributed by atoms with Crippen LogP contribution in [0.4, 0.5) is 5.82 Å². The molecule has 2 heterocycles. The minimum Gasteiger partial charge on any atom is -0.382 e. The maximum atomic E-state index is 9.10. The van der Waals surface area contributed by atoms with Gasteiger partial charge in [-0.15, -0.1) is 0 Å². The zero-order valence-corrected chi connectivity index (χ0v) is 12.4. The first-order valence-corrected chi connectivity index (χ1v) is 6.83. The molecule has 0 atom stereocenters. The van der Waals surface area contributed by atoms with Crippen LogP contribution in [-0.2, 0) is 0 Å². The van der Waals surface area contributed by atoms with E-state index in [4.69, 9.17) is 22.6 Å². The third-order valence-electron chi connectivity index (χ3n) is 3.14. The van der Waals surface area contributed by atoms with Gasteiger partial charge in [-0.3, -0.25) is 0 Å². The van der Waals surface area contributed by atoms with Gasteiger partial charge in [0.2, 0.25) is 0 Å². The maximum Gasteiger partial charge on any atom is 0.163 e. The van der Waals surface area contributed by atoms with Gasteiger partial charge in [-0.2, -0.15) is 15.0 Å². The first-order valence-electron chi connectivity index (χ1n) is 6.45. The summed E-state index contributed by atoms with van der Waals surface area (Å²) in [7, 11) is 0. The number of aromatic nitrogens is 4. The Bertz CT molecular complexity index is 879. The van der Waals surface area contributed by atoms with E-state index >= 15 is 0 Å². The molecule has 0 saturated carbocycles. The van der Waals surface area contributed by atoms with Crippen LogP contribution in [0, 0.1) is 18.3 Å². The van der Waals surface area contributed by atoms with E-state index in [2.05, 4.69) is 15.1 Å². The number of halogens is 1. The Labute approximate surface area is 131 Å². The number of hydrogen-bond donors (Lipinski definition) is 1. The number of hydrogen-bond acceptors (Lipinski definition) is 5. The van der Waals surface area contributed by atoms with Crippen molar-refractivity contribution in [3.05, 3.63) is 52.8 Å². The molecule has 108 valence electrons. The molecule has 0 aliphatic carbocycles. The molecule has 0 saturated heterocycles. The van der Waals surface area contributed by atoms with Crippen LogP contribution in [0.1, 0.15) is 11.3 Å². The molecule has 0 fully saturated rings. The normalized spacial score (nSPS) is 10.4. The number of nitriles is 1. The average Bonchev–Trinajstić information content (AvgIpc) is 2.82. The lowest BCUT2D eigenvalue weighted by Crippen LogP contribution is -2.06. The monoisotopic (exact) mass is 310 g/mol. The first-order chi connectivity index (χ1) is 10.6. The van der Waals surface area contributed by atoms with E-state index < -0.39 is 0 Å². The highest BCUT2D eigenvalue weighted by atomic mass is 35.5. The van der Waals surface area contributed by atoms with E-state index in [1.54, 1.807) is 13.0 Å². The van der Waals surface area contributed by atoms with Gasteiger partial charge < -0.3 is 5.73 Å². The molecular formula is C15H11ClN6. The van der Waals surface area contributed by atoms with Gasteiger partial charge in [0.15, 0.2) is 11.6 Å². The van der Waals surface area contributed by atoms with Crippen molar-refractivity contribution in [2.75, 3.05) is 5.73 Å². The summed E-state index contributed by atoms with van der Waals surface area (Å²) >= 11 is 6.08. The Hall–Kier alpha value is -2.91. The highest BCUT2D eigenvalue weighted by Gasteiger charge is 2.16. The standard InChI is InChI=1S/C15H11ClN6/c1-9-11(8-17)14(18)22(21-9)13-7-12(16)19-15(20-13)10-5-3-2-4-6-10/h2-7H,18H2,1H3. The van der Waals surface area contributed by atoms with Crippen molar-refractivity contribution in [1.29, 1.82) is 5.26 Å². The SMILES string of the molecule is Cc1nn(-c2cc(Cl)nc(-c3ccccc3)n2)c(N)c1C#N. The number of nitrogens with zero attached hydrogens (tertiary/aromatic N) is 5. The molecule has 0 amide bonds. The van der Waals surface area contributed by atoms with Crippen molar-refractivity contribution in [2.45, 2.75) is 6.92 Å². The van der Waals surface area contributed by atoms with Crippen LogP contribution in [0.15, 0.2) is 36.4 Å². The molecule has 1 aromatic carbocycles. The van der Waals surface area contributed by atoms with Crippen LogP contribution in [0.5, 0.6) is 0 Å². The van der Waals surface area contributed by atoms with E-state index in [0.717, 1.165) is 5.56 Å². The molecule has 6 nitrogen and oxygen atoms in total. The predicted molar refractivity (Wildman–Crippen MR) is 83.5 cm³/mol. The fraction of sp³-hybridized carbons (Fsp3) is 0.0667. The van der Waals surface area contributed by atoms with Crippen molar-refractivity contribution in [2.24, 2.45) is 0 Å². The largest absolute Gasteiger partial charge is 0.382 e. The summed E-state index contributed by atoms with van der Waals surface area (Å²) in [6.07, 6.45) is 0. The zero-order valence-electron chi connectivity index (χ0n) is 11.7. The molecule has 22 heavy (non-hydrogen) atoms. The summed E-state index contributed by atoms with van der Waals surface area (Å²) in [5.41, 5.74) is 7.66. The van der Waals surface area contributed by atoms with Gasteiger partial charge >= 0.3 is 0 Å². The third-order valence-corrected chi connectivity index (χ3v) is 3.33. The van der Waals surface area contributed by atoms with Crippen LogP contribution >= 0.6 is 11.6 Å². The number of nitrogen functional groups attached to an aromatic ring is 1. The smallest absolute Gasteiger partial charge is 0.163 e. The number of rotatable bonds is 2. The Morgan fingerprint density at radius 2 is 1.95 bits per heavy atom. The van der Waals surface area contributed by atoms with Crippen molar-refractivity contribution in [3.8, 4) is 23.3 Å². The molecule has 0 spiro atoms. The van der Waals surface area contributed by atoms with Gasteiger partial charge in [-0.05, 0) is 6.92 Å². The van der Waals surface area contributed by atoms with Gasteiger partial charge in [0.05, 0.1) is 5.69 Å². The van der Waals surface area contributed by atoms with Crippen LogP contribution in [0.25, 0.3) is 17.2 Å². The quantitative estimate of drug-likeness (QED) is 0.734. The lowest BCUT2D eigenvalue weighted by molar-refractivity contribution is 0.837. The first kappa shape index (κ1) is 14.0. The topological polar surface area (TPSA) is 93.4 Å². The van der Waals surface area contributed by atoms with Crippen molar-refractivity contribution in [3.63, 3.8) is 0 Å². The van der Waals surface area contributed by atoms with Gasteiger partial charge in [0, 0.05) is 11.6 Å². The molecule has 3 aromatic rings. The van der Waals surface area contributed by atoms with Crippen LogP contribution < -0.4 is 5.73 Å². The molecule has 0 aliphatic heterocycles. The third kappa shape index (κ3) is 2.38. The molecule has 2 aromatic heterocycles. The molecule has 0 unspecified atom stereocenters. The second kappa shape index (κ2) is 5.47. The highest BCUT2D eigenvalue weighted by molar-refractivity contribution is 6.29.